The zero-order chi connectivity index (χ0) is 24.3. The van der Waals surface area contributed by atoms with Crippen LogP contribution in [0.4, 0.5) is 0 Å². The van der Waals surface area contributed by atoms with Gasteiger partial charge >= 0.3 is 0 Å². The second-order valence-electron chi connectivity index (χ2n) is 8.72. The van der Waals surface area contributed by atoms with E-state index < -0.39 is 10.0 Å². The smallest absolute Gasteiger partial charge is 0.250 e. The van der Waals surface area contributed by atoms with Gasteiger partial charge in [-0.1, -0.05) is 60.7 Å². The Balaban J connectivity index is 1.29. The van der Waals surface area contributed by atoms with Gasteiger partial charge in [0.25, 0.3) is 0 Å². The molecule has 0 amide bonds. The molecule has 1 aliphatic rings. The van der Waals surface area contributed by atoms with E-state index in [0.717, 1.165) is 46.7 Å². The number of methoxy groups -OCH3 is 1. The first-order valence-corrected chi connectivity index (χ1v) is 13.9. The van der Waals surface area contributed by atoms with Crippen molar-refractivity contribution >= 4 is 21.4 Å². The SMILES string of the molecule is COc1ccc(CNC2Cc3ccccc3C2)cc1-c1ccc(S(=O)(=O)NCc2ccccc2)s1. The lowest BCUT2D eigenvalue weighted by Crippen LogP contribution is -2.28. The van der Waals surface area contributed by atoms with E-state index in [9.17, 15) is 8.42 Å². The second-order valence-corrected chi connectivity index (χ2v) is 11.8. The topological polar surface area (TPSA) is 67.4 Å². The summed E-state index contributed by atoms with van der Waals surface area (Å²) in [5.41, 5.74) is 5.80. The Hall–Kier alpha value is -2.97. The molecule has 5 rings (SSSR count). The molecule has 0 radical (unpaired) electrons. The highest BCUT2D eigenvalue weighted by atomic mass is 32.2. The molecule has 0 unspecified atom stereocenters. The van der Waals surface area contributed by atoms with Gasteiger partial charge in [0.2, 0.25) is 10.0 Å². The van der Waals surface area contributed by atoms with Crippen molar-refractivity contribution in [2.75, 3.05) is 7.11 Å². The fourth-order valence-electron chi connectivity index (χ4n) is 4.48. The molecule has 0 atom stereocenters. The second kappa shape index (κ2) is 10.3. The van der Waals surface area contributed by atoms with Crippen molar-refractivity contribution in [3.05, 3.63) is 107 Å². The lowest BCUT2D eigenvalue weighted by molar-refractivity contribution is 0.416. The largest absolute Gasteiger partial charge is 0.496 e. The minimum Gasteiger partial charge on any atom is -0.496 e. The molecule has 4 aromatic rings. The van der Waals surface area contributed by atoms with Crippen molar-refractivity contribution in [3.8, 4) is 16.2 Å². The van der Waals surface area contributed by atoms with E-state index in [0.29, 0.717) is 6.04 Å². The van der Waals surface area contributed by atoms with Gasteiger partial charge < -0.3 is 10.1 Å². The van der Waals surface area contributed by atoms with E-state index in [1.54, 1.807) is 13.2 Å². The summed E-state index contributed by atoms with van der Waals surface area (Å²) in [6.45, 7) is 0.997. The molecule has 3 aromatic carbocycles. The highest BCUT2D eigenvalue weighted by molar-refractivity contribution is 7.91. The highest BCUT2D eigenvalue weighted by Crippen LogP contribution is 2.37. The van der Waals surface area contributed by atoms with Gasteiger partial charge in [-0.15, -0.1) is 11.3 Å². The number of nitrogens with one attached hydrogen (secondary N) is 2. The van der Waals surface area contributed by atoms with E-state index in [1.807, 2.05) is 42.5 Å². The molecule has 5 nitrogen and oxygen atoms in total. The van der Waals surface area contributed by atoms with Gasteiger partial charge in [-0.3, -0.25) is 0 Å². The molecule has 7 heteroatoms. The molecular weight excluding hydrogens is 476 g/mol. The molecular formula is C28H28N2O3S2. The average molecular weight is 505 g/mol. The van der Waals surface area contributed by atoms with Crippen LogP contribution in [0.25, 0.3) is 10.4 Å². The van der Waals surface area contributed by atoms with Crippen LogP contribution in [0, 0.1) is 0 Å². The third-order valence-electron chi connectivity index (χ3n) is 6.33. The predicted molar refractivity (Wildman–Crippen MR) is 141 cm³/mol. The van der Waals surface area contributed by atoms with E-state index >= 15 is 0 Å². The van der Waals surface area contributed by atoms with Crippen molar-refractivity contribution < 1.29 is 13.2 Å². The van der Waals surface area contributed by atoms with Crippen molar-refractivity contribution in [1.82, 2.24) is 10.0 Å². The molecule has 1 aliphatic carbocycles. The monoisotopic (exact) mass is 504 g/mol. The number of hydrogen-bond donors (Lipinski definition) is 2. The zero-order valence-corrected chi connectivity index (χ0v) is 21.2. The molecule has 0 saturated carbocycles. The number of sulfonamides is 1. The number of ether oxygens (including phenoxy) is 1. The van der Waals surface area contributed by atoms with E-state index in [-0.39, 0.29) is 10.8 Å². The molecule has 0 bridgehead atoms. The summed E-state index contributed by atoms with van der Waals surface area (Å²) in [4.78, 5) is 0.858. The average Bonchev–Trinajstić information content (AvgIpc) is 3.55. The zero-order valence-electron chi connectivity index (χ0n) is 19.5. The number of fused-ring (bicyclic) bond motifs is 1. The van der Waals surface area contributed by atoms with Crippen molar-refractivity contribution in [2.24, 2.45) is 0 Å². The fourth-order valence-corrected chi connectivity index (χ4v) is 6.87. The lowest BCUT2D eigenvalue weighted by Gasteiger charge is -2.14. The molecule has 1 aromatic heterocycles. The van der Waals surface area contributed by atoms with E-state index in [2.05, 4.69) is 46.4 Å². The lowest BCUT2D eigenvalue weighted by atomic mass is 10.1. The Kier molecular flexibility index (Phi) is 7.02. The van der Waals surface area contributed by atoms with Crippen LogP contribution in [-0.4, -0.2) is 21.6 Å². The van der Waals surface area contributed by atoms with Gasteiger partial charge in [-0.2, -0.15) is 0 Å². The van der Waals surface area contributed by atoms with Crippen LogP contribution in [0.5, 0.6) is 5.75 Å². The summed E-state index contributed by atoms with van der Waals surface area (Å²) in [6.07, 6.45) is 2.09. The third kappa shape index (κ3) is 5.49. The highest BCUT2D eigenvalue weighted by Gasteiger charge is 2.21. The van der Waals surface area contributed by atoms with E-state index in [1.165, 1.54) is 22.5 Å². The van der Waals surface area contributed by atoms with Crippen LogP contribution in [-0.2, 0) is 36.0 Å². The Bertz CT molecular complexity index is 1390. The van der Waals surface area contributed by atoms with Crippen molar-refractivity contribution in [3.63, 3.8) is 0 Å². The molecule has 180 valence electrons. The summed E-state index contributed by atoms with van der Waals surface area (Å²) in [5, 5.41) is 3.68. The molecule has 1 heterocycles. The molecule has 35 heavy (non-hydrogen) atoms. The normalized spacial score (nSPS) is 13.6. The Morgan fingerprint density at radius 1 is 0.857 bits per heavy atom. The fraction of sp³-hybridized carbons (Fsp3) is 0.214. The van der Waals surface area contributed by atoms with Crippen LogP contribution in [0.3, 0.4) is 0 Å². The minimum absolute atomic E-state index is 0.256. The predicted octanol–water partition coefficient (Wildman–Crippen LogP) is 5.16. The first-order valence-electron chi connectivity index (χ1n) is 11.6. The van der Waals surface area contributed by atoms with Gasteiger partial charge in [0.05, 0.1) is 7.11 Å². The molecule has 0 spiro atoms. The summed E-state index contributed by atoms with van der Waals surface area (Å²) in [5.74, 6) is 0.727. The van der Waals surface area contributed by atoms with Crippen LogP contribution in [0.2, 0.25) is 0 Å². The van der Waals surface area contributed by atoms with E-state index in [4.69, 9.17) is 4.74 Å². The van der Waals surface area contributed by atoms with Gasteiger partial charge in [0, 0.05) is 29.6 Å². The number of benzene rings is 3. The van der Waals surface area contributed by atoms with Crippen LogP contribution >= 0.6 is 11.3 Å². The number of rotatable bonds is 9. The van der Waals surface area contributed by atoms with Crippen molar-refractivity contribution in [1.29, 1.82) is 0 Å². The maximum absolute atomic E-state index is 12.9. The summed E-state index contributed by atoms with van der Waals surface area (Å²) in [6, 6.07) is 28.2. The first kappa shape index (κ1) is 23.8. The van der Waals surface area contributed by atoms with Gasteiger partial charge in [-0.05, 0) is 59.4 Å². The Morgan fingerprint density at radius 2 is 1.57 bits per heavy atom. The Labute approximate surface area is 210 Å². The van der Waals surface area contributed by atoms with Crippen LogP contribution in [0.1, 0.15) is 22.3 Å². The van der Waals surface area contributed by atoms with Crippen molar-refractivity contribution in [2.45, 2.75) is 36.2 Å². The third-order valence-corrected chi connectivity index (χ3v) is 9.34. The maximum atomic E-state index is 12.9. The minimum atomic E-state index is -3.61. The maximum Gasteiger partial charge on any atom is 0.250 e. The first-order chi connectivity index (χ1) is 17.0. The number of thiophene rings is 1. The molecule has 0 saturated heterocycles. The molecule has 2 N–H and O–H groups in total. The standard InChI is InChI=1S/C28H28N2O3S2/c1-33-26-12-11-21(18-29-24-16-22-9-5-6-10-23(22)17-24)15-25(26)27-13-14-28(34-27)35(31,32)30-19-20-7-3-2-4-8-20/h2-15,24,29-30H,16-19H2,1H3. The summed E-state index contributed by atoms with van der Waals surface area (Å²) in [7, 11) is -1.97. The van der Waals surface area contributed by atoms with Gasteiger partial charge in [0.1, 0.15) is 9.96 Å². The van der Waals surface area contributed by atoms with Crippen LogP contribution in [0.15, 0.2) is 89.1 Å². The van der Waals surface area contributed by atoms with Gasteiger partial charge in [0.15, 0.2) is 0 Å². The molecule has 0 fully saturated rings. The quantitative estimate of drug-likeness (QED) is 0.330. The van der Waals surface area contributed by atoms with Crippen LogP contribution < -0.4 is 14.8 Å². The summed E-state index contributed by atoms with van der Waals surface area (Å²) < 4.78 is 34.3. The molecule has 0 aliphatic heterocycles. The number of hydrogen-bond acceptors (Lipinski definition) is 5. The van der Waals surface area contributed by atoms with Gasteiger partial charge in [-0.25, -0.2) is 13.1 Å². The summed E-state index contributed by atoms with van der Waals surface area (Å²) >= 11 is 1.25. The Morgan fingerprint density at radius 3 is 2.29 bits per heavy atom.